The Bertz CT molecular complexity index is 787. The Morgan fingerprint density at radius 2 is 1.68 bits per heavy atom. The average molecular weight is 371 g/mol. The van der Waals surface area contributed by atoms with Gasteiger partial charge in [-0.2, -0.15) is 0 Å². The van der Waals surface area contributed by atoms with Gasteiger partial charge in [0.1, 0.15) is 0 Å². The zero-order chi connectivity index (χ0) is 15.5. The van der Waals surface area contributed by atoms with E-state index in [2.05, 4.69) is 15.2 Å². The van der Waals surface area contributed by atoms with Crippen molar-refractivity contribution in [3.05, 3.63) is 63.1 Å². The zero-order valence-electron chi connectivity index (χ0n) is 11.2. The Labute approximate surface area is 147 Å². The van der Waals surface area contributed by atoms with Gasteiger partial charge >= 0.3 is 0 Å². The summed E-state index contributed by atoms with van der Waals surface area (Å²) in [5.74, 6) is 1.39. The minimum absolute atomic E-state index is 0.540. The predicted molar refractivity (Wildman–Crippen MR) is 92.9 cm³/mol. The highest BCUT2D eigenvalue weighted by molar-refractivity contribution is 7.98. The molecule has 1 heterocycles. The topological polar surface area (TPSA) is 41.6 Å². The number of hydrogen-bond acceptors (Lipinski definition) is 3. The van der Waals surface area contributed by atoms with E-state index in [0.29, 0.717) is 21.0 Å². The number of H-pyrrole nitrogens is 1. The summed E-state index contributed by atoms with van der Waals surface area (Å²) in [6, 6.07) is 13.0. The fourth-order valence-electron chi connectivity index (χ4n) is 1.84. The molecule has 0 bridgehead atoms. The summed E-state index contributed by atoms with van der Waals surface area (Å²) in [5, 5.41) is 9.61. The van der Waals surface area contributed by atoms with Gasteiger partial charge in [0.15, 0.2) is 5.82 Å². The molecule has 3 nitrogen and oxygen atoms in total. The van der Waals surface area contributed by atoms with E-state index in [1.54, 1.807) is 12.1 Å². The number of aromatic amines is 1. The second-order valence-electron chi connectivity index (χ2n) is 4.51. The van der Waals surface area contributed by atoms with E-state index in [1.165, 1.54) is 11.8 Å². The molecule has 22 heavy (non-hydrogen) atoms. The first kappa shape index (κ1) is 15.7. The molecule has 0 fully saturated rings. The van der Waals surface area contributed by atoms with E-state index < -0.39 is 0 Å². The molecular weight excluding hydrogens is 361 g/mol. The minimum atomic E-state index is 0.540. The number of hydrogen-bond donors (Lipinski definition) is 1. The highest BCUT2D eigenvalue weighted by Gasteiger charge is 2.10. The zero-order valence-corrected chi connectivity index (χ0v) is 14.3. The van der Waals surface area contributed by atoms with Crippen molar-refractivity contribution in [1.29, 1.82) is 0 Å². The van der Waals surface area contributed by atoms with Crippen LogP contribution in [0, 0.1) is 0 Å². The van der Waals surface area contributed by atoms with Gasteiger partial charge in [0, 0.05) is 21.4 Å². The molecule has 0 saturated carbocycles. The fourth-order valence-corrected chi connectivity index (χ4v) is 3.22. The third kappa shape index (κ3) is 3.76. The summed E-state index contributed by atoms with van der Waals surface area (Å²) in [4.78, 5) is 4.45. The van der Waals surface area contributed by atoms with Crippen LogP contribution in [0.4, 0.5) is 0 Å². The Balaban J connectivity index is 1.72. The Hall–Kier alpha value is -1.20. The molecule has 3 aromatic rings. The van der Waals surface area contributed by atoms with Crippen molar-refractivity contribution in [2.45, 2.75) is 10.9 Å². The maximum Gasteiger partial charge on any atom is 0.209 e. The monoisotopic (exact) mass is 369 g/mol. The fraction of sp³-hybridized carbons (Fsp3) is 0.0667. The van der Waals surface area contributed by atoms with Gasteiger partial charge < -0.3 is 0 Å². The third-order valence-electron chi connectivity index (χ3n) is 2.93. The molecule has 0 amide bonds. The predicted octanol–water partition coefficient (Wildman–Crippen LogP) is 5.72. The second-order valence-corrected chi connectivity index (χ2v) is 6.73. The Morgan fingerprint density at radius 1 is 0.955 bits per heavy atom. The average Bonchev–Trinajstić information content (AvgIpc) is 2.95. The molecule has 112 valence electrons. The first-order valence-electron chi connectivity index (χ1n) is 6.37. The standard InChI is InChI=1S/C15H10Cl3N3S/c16-10-3-1-9(2-4-10)8-22-15-19-14(20-21-15)12-6-5-11(17)7-13(12)18/h1-7H,8H2,(H,19,20,21). The van der Waals surface area contributed by atoms with E-state index in [9.17, 15) is 0 Å². The molecule has 0 spiro atoms. The minimum Gasteiger partial charge on any atom is -0.258 e. The first-order chi connectivity index (χ1) is 10.6. The summed E-state index contributed by atoms with van der Waals surface area (Å²) in [7, 11) is 0. The van der Waals surface area contributed by atoms with Crippen LogP contribution in [0.1, 0.15) is 5.56 Å². The molecule has 0 unspecified atom stereocenters. The Morgan fingerprint density at radius 3 is 2.41 bits per heavy atom. The van der Waals surface area contributed by atoms with Crippen LogP contribution in [0.3, 0.4) is 0 Å². The van der Waals surface area contributed by atoms with Crippen molar-refractivity contribution < 1.29 is 0 Å². The Kier molecular flexibility index (Phi) is 4.93. The van der Waals surface area contributed by atoms with E-state index in [4.69, 9.17) is 34.8 Å². The highest BCUT2D eigenvalue weighted by atomic mass is 35.5. The molecule has 3 rings (SSSR count). The normalized spacial score (nSPS) is 10.9. The van der Waals surface area contributed by atoms with Crippen molar-refractivity contribution in [3.8, 4) is 11.4 Å². The van der Waals surface area contributed by atoms with E-state index in [1.807, 2.05) is 30.3 Å². The van der Waals surface area contributed by atoms with Crippen LogP contribution in [0.5, 0.6) is 0 Å². The van der Waals surface area contributed by atoms with Crippen LogP contribution in [0.15, 0.2) is 47.6 Å². The molecule has 0 atom stereocenters. The molecule has 1 aromatic heterocycles. The van der Waals surface area contributed by atoms with E-state index in [-0.39, 0.29) is 0 Å². The molecular formula is C15H10Cl3N3S. The van der Waals surface area contributed by atoms with Crippen molar-refractivity contribution >= 4 is 46.6 Å². The largest absolute Gasteiger partial charge is 0.258 e. The molecule has 1 N–H and O–H groups in total. The van der Waals surface area contributed by atoms with Gasteiger partial charge in [-0.25, -0.2) is 4.98 Å². The lowest BCUT2D eigenvalue weighted by molar-refractivity contribution is 0.973. The molecule has 0 aliphatic heterocycles. The van der Waals surface area contributed by atoms with Gasteiger partial charge in [0.25, 0.3) is 0 Å². The van der Waals surface area contributed by atoms with Gasteiger partial charge in [0.05, 0.1) is 5.02 Å². The number of rotatable bonds is 4. The number of benzene rings is 2. The lowest BCUT2D eigenvalue weighted by Gasteiger charge is -2.00. The van der Waals surface area contributed by atoms with Crippen molar-refractivity contribution in [2.75, 3.05) is 0 Å². The summed E-state index contributed by atoms with van der Waals surface area (Å²) < 4.78 is 0. The van der Waals surface area contributed by atoms with Gasteiger partial charge in [-0.3, -0.25) is 5.10 Å². The molecule has 0 aliphatic rings. The molecule has 0 saturated heterocycles. The van der Waals surface area contributed by atoms with Crippen LogP contribution in [0.2, 0.25) is 15.1 Å². The van der Waals surface area contributed by atoms with Gasteiger partial charge in [0.2, 0.25) is 5.16 Å². The van der Waals surface area contributed by atoms with Crippen molar-refractivity contribution in [1.82, 2.24) is 15.2 Å². The van der Waals surface area contributed by atoms with Crippen molar-refractivity contribution in [2.24, 2.45) is 0 Å². The quantitative estimate of drug-likeness (QED) is 0.597. The first-order valence-corrected chi connectivity index (χ1v) is 8.49. The molecule has 0 aliphatic carbocycles. The maximum absolute atomic E-state index is 6.17. The van der Waals surface area contributed by atoms with Crippen LogP contribution in [-0.4, -0.2) is 15.2 Å². The molecule has 2 aromatic carbocycles. The van der Waals surface area contributed by atoms with Crippen LogP contribution in [0.25, 0.3) is 11.4 Å². The number of halogens is 3. The van der Waals surface area contributed by atoms with Gasteiger partial charge in [-0.15, -0.1) is 5.10 Å². The smallest absolute Gasteiger partial charge is 0.209 e. The van der Waals surface area contributed by atoms with Gasteiger partial charge in [-0.1, -0.05) is 58.7 Å². The third-order valence-corrected chi connectivity index (χ3v) is 4.65. The lowest BCUT2D eigenvalue weighted by atomic mass is 10.2. The second kappa shape index (κ2) is 6.92. The summed E-state index contributed by atoms with van der Waals surface area (Å²) in [6.07, 6.45) is 0. The van der Waals surface area contributed by atoms with E-state index >= 15 is 0 Å². The SMILES string of the molecule is Clc1ccc(CSc2n[nH]c(-c3ccc(Cl)cc3Cl)n2)cc1. The van der Waals surface area contributed by atoms with Crippen molar-refractivity contribution in [3.63, 3.8) is 0 Å². The molecule has 7 heteroatoms. The highest BCUT2D eigenvalue weighted by Crippen LogP contribution is 2.29. The summed E-state index contributed by atoms with van der Waals surface area (Å²) in [5.41, 5.74) is 1.93. The number of nitrogens with zero attached hydrogens (tertiary/aromatic N) is 2. The number of aromatic nitrogens is 3. The van der Waals surface area contributed by atoms with Crippen LogP contribution < -0.4 is 0 Å². The summed E-state index contributed by atoms with van der Waals surface area (Å²) >= 11 is 19.5. The molecule has 0 radical (unpaired) electrons. The summed E-state index contributed by atoms with van der Waals surface area (Å²) in [6.45, 7) is 0. The lowest BCUT2D eigenvalue weighted by Crippen LogP contribution is -1.83. The number of nitrogens with one attached hydrogen (secondary N) is 1. The maximum atomic E-state index is 6.17. The van der Waals surface area contributed by atoms with E-state index in [0.717, 1.165) is 21.9 Å². The van der Waals surface area contributed by atoms with Gasteiger partial charge in [-0.05, 0) is 35.9 Å². The number of thioether (sulfide) groups is 1. The van der Waals surface area contributed by atoms with Crippen LogP contribution in [-0.2, 0) is 5.75 Å². The van der Waals surface area contributed by atoms with Crippen LogP contribution >= 0.6 is 46.6 Å².